The van der Waals surface area contributed by atoms with Crippen LogP contribution >= 0.6 is 0 Å². The van der Waals surface area contributed by atoms with Crippen molar-refractivity contribution >= 4 is 11.7 Å². The molecule has 5 heteroatoms. The minimum Gasteiger partial charge on any atom is -0.480 e. The first kappa shape index (κ1) is 14.8. The van der Waals surface area contributed by atoms with E-state index in [-0.39, 0.29) is 5.82 Å². The summed E-state index contributed by atoms with van der Waals surface area (Å²) in [6.45, 7) is 5.62. The van der Waals surface area contributed by atoms with E-state index < -0.39 is 11.5 Å². The van der Waals surface area contributed by atoms with Gasteiger partial charge in [0, 0.05) is 18.8 Å². The molecule has 1 aliphatic rings. The van der Waals surface area contributed by atoms with Gasteiger partial charge in [-0.3, -0.25) is 4.79 Å². The zero-order chi connectivity index (χ0) is 14.8. The number of rotatable bonds is 6. The van der Waals surface area contributed by atoms with Gasteiger partial charge in [0.15, 0.2) is 0 Å². The molecule has 0 fully saturated rings. The summed E-state index contributed by atoms with van der Waals surface area (Å²) in [5, 5.41) is 12.4. The molecule has 0 spiro atoms. The molecule has 2 rings (SSSR count). The molecule has 1 aromatic carbocycles. The fraction of sp³-hybridized carbons (Fsp3) is 0.533. The number of carboxylic acid groups (broad SMARTS) is 1. The molecule has 0 saturated carbocycles. The average Bonchev–Trinajstić information content (AvgIpc) is 2.79. The topological polar surface area (TPSA) is 52.6 Å². The number of hydrogen-bond donors (Lipinski definition) is 2. The Morgan fingerprint density at radius 1 is 1.55 bits per heavy atom. The van der Waals surface area contributed by atoms with Crippen LogP contribution in [0, 0.1) is 5.82 Å². The standard InChI is InChI=1S/C15H21FN2O2/c1-3-17-15(2,14(19)20)7-9-18-8-6-11-4-5-12(16)10-13(11)18/h4-5,10,17H,3,6-9H2,1-2H3,(H,19,20). The van der Waals surface area contributed by atoms with Gasteiger partial charge >= 0.3 is 5.97 Å². The van der Waals surface area contributed by atoms with Gasteiger partial charge in [-0.2, -0.15) is 0 Å². The monoisotopic (exact) mass is 280 g/mol. The molecule has 1 atom stereocenters. The van der Waals surface area contributed by atoms with Crippen molar-refractivity contribution in [3.8, 4) is 0 Å². The van der Waals surface area contributed by atoms with Crippen LogP contribution in [0.15, 0.2) is 18.2 Å². The van der Waals surface area contributed by atoms with Gasteiger partial charge in [0.25, 0.3) is 0 Å². The average molecular weight is 280 g/mol. The number of anilines is 1. The molecule has 0 amide bonds. The Hall–Kier alpha value is -1.62. The lowest BCUT2D eigenvalue weighted by molar-refractivity contribution is -0.144. The Morgan fingerprint density at radius 3 is 2.95 bits per heavy atom. The highest BCUT2D eigenvalue weighted by molar-refractivity contribution is 5.78. The molecular weight excluding hydrogens is 259 g/mol. The Morgan fingerprint density at radius 2 is 2.30 bits per heavy atom. The van der Waals surface area contributed by atoms with E-state index in [1.807, 2.05) is 13.0 Å². The van der Waals surface area contributed by atoms with Crippen molar-refractivity contribution < 1.29 is 14.3 Å². The Balaban J connectivity index is 2.06. The Labute approximate surface area is 118 Å². The van der Waals surface area contributed by atoms with Crippen molar-refractivity contribution in [3.05, 3.63) is 29.6 Å². The minimum atomic E-state index is -0.940. The summed E-state index contributed by atoms with van der Waals surface area (Å²) in [7, 11) is 0. The highest BCUT2D eigenvalue weighted by Crippen LogP contribution is 2.29. The SMILES string of the molecule is CCNC(C)(CCN1CCc2ccc(F)cc21)C(=O)O. The van der Waals surface area contributed by atoms with Crippen molar-refractivity contribution in [3.63, 3.8) is 0 Å². The summed E-state index contributed by atoms with van der Waals surface area (Å²) in [5.74, 6) is -1.10. The second-order valence-electron chi connectivity index (χ2n) is 5.43. The molecule has 0 bridgehead atoms. The predicted molar refractivity (Wildman–Crippen MR) is 76.7 cm³/mol. The minimum absolute atomic E-state index is 0.247. The molecule has 110 valence electrons. The molecular formula is C15H21FN2O2. The number of carboxylic acids is 1. The maximum atomic E-state index is 13.3. The van der Waals surface area contributed by atoms with Crippen LogP contribution < -0.4 is 10.2 Å². The van der Waals surface area contributed by atoms with Crippen LogP contribution in [0.5, 0.6) is 0 Å². The zero-order valence-corrected chi connectivity index (χ0v) is 11.9. The van der Waals surface area contributed by atoms with E-state index in [0.717, 1.165) is 24.2 Å². The van der Waals surface area contributed by atoms with Gasteiger partial charge in [-0.25, -0.2) is 4.39 Å². The smallest absolute Gasteiger partial charge is 0.323 e. The number of carbonyl (C=O) groups is 1. The number of fused-ring (bicyclic) bond motifs is 1. The number of hydrogen-bond acceptors (Lipinski definition) is 3. The van der Waals surface area contributed by atoms with Crippen LogP contribution in [0.1, 0.15) is 25.8 Å². The van der Waals surface area contributed by atoms with E-state index in [4.69, 9.17) is 0 Å². The van der Waals surface area contributed by atoms with E-state index >= 15 is 0 Å². The summed E-state index contributed by atoms with van der Waals surface area (Å²) in [4.78, 5) is 13.4. The molecule has 4 nitrogen and oxygen atoms in total. The number of nitrogens with one attached hydrogen (secondary N) is 1. The summed E-state index contributed by atoms with van der Waals surface area (Å²) in [6, 6.07) is 4.82. The number of benzene rings is 1. The molecule has 0 aliphatic carbocycles. The lowest BCUT2D eigenvalue weighted by Crippen LogP contribution is -2.51. The van der Waals surface area contributed by atoms with Crippen molar-refractivity contribution in [1.29, 1.82) is 0 Å². The normalized spacial score (nSPS) is 16.9. The quantitative estimate of drug-likeness (QED) is 0.837. The van der Waals surface area contributed by atoms with Crippen LogP contribution in [0.3, 0.4) is 0 Å². The molecule has 1 heterocycles. The Bertz CT molecular complexity index is 507. The molecule has 0 saturated heterocycles. The van der Waals surface area contributed by atoms with Crippen LogP contribution in [0.25, 0.3) is 0 Å². The van der Waals surface area contributed by atoms with Crippen LogP contribution in [-0.2, 0) is 11.2 Å². The van der Waals surface area contributed by atoms with Gasteiger partial charge in [0.1, 0.15) is 11.4 Å². The van der Waals surface area contributed by atoms with Crippen LogP contribution in [0.2, 0.25) is 0 Å². The first-order valence-electron chi connectivity index (χ1n) is 6.98. The van der Waals surface area contributed by atoms with E-state index in [0.29, 0.717) is 19.5 Å². The van der Waals surface area contributed by atoms with Gasteiger partial charge in [0.2, 0.25) is 0 Å². The maximum Gasteiger partial charge on any atom is 0.323 e. The van der Waals surface area contributed by atoms with E-state index in [9.17, 15) is 14.3 Å². The molecule has 0 radical (unpaired) electrons. The van der Waals surface area contributed by atoms with Crippen molar-refractivity contribution in [1.82, 2.24) is 5.32 Å². The summed E-state index contributed by atoms with van der Waals surface area (Å²) >= 11 is 0. The Kier molecular flexibility index (Phi) is 4.28. The molecule has 1 aromatic rings. The van der Waals surface area contributed by atoms with E-state index in [2.05, 4.69) is 10.2 Å². The third kappa shape index (κ3) is 2.93. The lowest BCUT2D eigenvalue weighted by Gasteiger charge is -2.29. The van der Waals surface area contributed by atoms with Gasteiger partial charge in [-0.05, 0) is 44.0 Å². The summed E-state index contributed by atoms with van der Waals surface area (Å²) in [6.07, 6.45) is 1.37. The molecule has 1 aliphatic heterocycles. The van der Waals surface area contributed by atoms with Gasteiger partial charge < -0.3 is 15.3 Å². The highest BCUT2D eigenvalue weighted by Gasteiger charge is 2.33. The molecule has 20 heavy (non-hydrogen) atoms. The number of halogens is 1. The zero-order valence-electron chi connectivity index (χ0n) is 11.9. The third-order valence-corrected chi connectivity index (χ3v) is 3.96. The van der Waals surface area contributed by atoms with E-state index in [1.54, 1.807) is 6.92 Å². The fourth-order valence-electron chi connectivity index (χ4n) is 2.67. The van der Waals surface area contributed by atoms with Crippen molar-refractivity contribution in [2.45, 2.75) is 32.2 Å². The van der Waals surface area contributed by atoms with Gasteiger partial charge in [-0.1, -0.05) is 13.0 Å². The fourth-order valence-corrected chi connectivity index (χ4v) is 2.67. The largest absolute Gasteiger partial charge is 0.480 e. The second-order valence-corrected chi connectivity index (χ2v) is 5.43. The highest BCUT2D eigenvalue weighted by atomic mass is 19.1. The summed E-state index contributed by atoms with van der Waals surface area (Å²) in [5.41, 5.74) is 1.09. The number of aliphatic carboxylic acids is 1. The molecule has 1 unspecified atom stereocenters. The third-order valence-electron chi connectivity index (χ3n) is 3.96. The summed E-state index contributed by atoms with van der Waals surface area (Å²) < 4.78 is 13.3. The van der Waals surface area contributed by atoms with Crippen molar-refractivity contribution in [2.75, 3.05) is 24.5 Å². The predicted octanol–water partition coefficient (Wildman–Crippen LogP) is 2.03. The van der Waals surface area contributed by atoms with Crippen molar-refractivity contribution in [2.24, 2.45) is 0 Å². The van der Waals surface area contributed by atoms with Crippen LogP contribution in [0.4, 0.5) is 10.1 Å². The molecule has 0 aromatic heterocycles. The van der Waals surface area contributed by atoms with Gasteiger partial charge in [0.05, 0.1) is 0 Å². The second kappa shape index (κ2) is 5.79. The van der Waals surface area contributed by atoms with Gasteiger partial charge in [-0.15, -0.1) is 0 Å². The molecule has 2 N–H and O–H groups in total. The van der Waals surface area contributed by atoms with Crippen LogP contribution in [-0.4, -0.2) is 36.2 Å². The van der Waals surface area contributed by atoms with E-state index in [1.165, 1.54) is 12.1 Å². The lowest BCUT2D eigenvalue weighted by atomic mass is 9.97. The first-order valence-corrected chi connectivity index (χ1v) is 6.98. The maximum absolute atomic E-state index is 13.3. The first-order chi connectivity index (χ1) is 9.46. The number of nitrogens with zero attached hydrogens (tertiary/aromatic N) is 1. The number of likely N-dealkylation sites (N-methyl/N-ethyl adjacent to an activating group) is 1.